The van der Waals surface area contributed by atoms with Crippen LogP contribution >= 0.6 is 12.4 Å². The van der Waals surface area contributed by atoms with Gasteiger partial charge in [0.2, 0.25) is 0 Å². The number of benzene rings is 1. The molecule has 1 N–H and O–H groups in total. The Morgan fingerprint density at radius 2 is 1.85 bits per heavy atom. The molecule has 0 bridgehead atoms. The predicted octanol–water partition coefficient (Wildman–Crippen LogP) is 3.01. The maximum atomic E-state index is 5.42. The van der Waals surface area contributed by atoms with Crippen molar-refractivity contribution in [2.45, 2.75) is 33.5 Å². The van der Waals surface area contributed by atoms with Crippen LogP contribution in [-0.2, 0) is 19.6 Å². The Morgan fingerprint density at radius 3 is 2.50 bits per heavy atom. The van der Waals surface area contributed by atoms with Crippen molar-refractivity contribution < 1.29 is 4.74 Å². The lowest BCUT2D eigenvalue weighted by Crippen LogP contribution is -2.16. The van der Waals surface area contributed by atoms with Gasteiger partial charge in [0.15, 0.2) is 0 Å². The number of hydrogen-bond donors (Lipinski definition) is 1. The Hall–Kier alpha value is -1.52. The quantitative estimate of drug-likeness (QED) is 0.853. The molecule has 0 radical (unpaired) electrons. The highest BCUT2D eigenvalue weighted by molar-refractivity contribution is 5.85. The lowest BCUT2D eigenvalue weighted by Gasteiger charge is -2.08. The van der Waals surface area contributed by atoms with Gasteiger partial charge in [-0.15, -0.1) is 12.4 Å². The fraction of sp³-hybridized carbons (Fsp3) is 0.400. The van der Waals surface area contributed by atoms with Gasteiger partial charge in [0.25, 0.3) is 0 Å². The van der Waals surface area contributed by atoms with E-state index in [1.165, 1.54) is 11.3 Å². The second-order valence-electron chi connectivity index (χ2n) is 4.32. The number of aromatic nitrogens is 2. The molecule has 0 unspecified atom stereocenters. The van der Waals surface area contributed by atoms with Crippen LogP contribution in [0, 0.1) is 0 Å². The second kappa shape index (κ2) is 8.61. The van der Waals surface area contributed by atoms with E-state index in [9.17, 15) is 0 Å². The average molecular weight is 296 g/mol. The number of halogens is 1. The summed E-state index contributed by atoms with van der Waals surface area (Å²) in [5.41, 5.74) is 2.47. The summed E-state index contributed by atoms with van der Waals surface area (Å²) in [6.45, 7) is 7.39. The summed E-state index contributed by atoms with van der Waals surface area (Å²) >= 11 is 0. The highest BCUT2D eigenvalue weighted by Gasteiger charge is 2.00. The van der Waals surface area contributed by atoms with E-state index in [0.29, 0.717) is 6.61 Å². The second-order valence-corrected chi connectivity index (χ2v) is 4.32. The van der Waals surface area contributed by atoms with Crippen LogP contribution < -0.4 is 10.1 Å². The van der Waals surface area contributed by atoms with Crippen molar-refractivity contribution in [3.63, 3.8) is 0 Å². The van der Waals surface area contributed by atoms with E-state index >= 15 is 0 Å². The third kappa shape index (κ3) is 4.54. The molecule has 0 aliphatic carbocycles. The largest absolute Gasteiger partial charge is 0.494 e. The van der Waals surface area contributed by atoms with E-state index in [1.54, 1.807) is 0 Å². The van der Waals surface area contributed by atoms with Gasteiger partial charge >= 0.3 is 0 Å². The first-order chi connectivity index (χ1) is 9.33. The Bertz CT molecular complexity index is 496. The molecular weight excluding hydrogens is 274 g/mol. The number of ether oxygens (including phenoxy) is 1. The summed E-state index contributed by atoms with van der Waals surface area (Å²) in [5.74, 6) is 0.926. The Labute approximate surface area is 126 Å². The number of hydrogen-bond acceptors (Lipinski definition) is 3. The highest BCUT2D eigenvalue weighted by atomic mass is 35.5. The molecule has 0 aliphatic heterocycles. The molecule has 0 fully saturated rings. The van der Waals surface area contributed by atoms with Crippen LogP contribution in [0.4, 0.5) is 0 Å². The molecule has 20 heavy (non-hydrogen) atoms. The zero-order chi connectivity index (χ0) is 13.5. The summed E-state index contributed by atoms with van der Waals surface area (Å²) < 4.78 is 7.43. The summed E-state index contributed by atoms with van der Waals surface area (Å²) in [6.07, 6.45) is 1.84. The topological polar surface area (TPSA) is 39.1 Å². The fourth-order valence-corrected chi connectivity index (χ4v) is 2.00. The van der Waals surface area contributed by atoms with E-state index in [0.717, 1.165) is 25.4 Å². The van der Waals surface area contributed by atoms with Gasteiger partial charge in [-0.3, -0.25) is 4.68 Å². The number of nitrogens with zero attached hydrogens (tertiary/aromatic N) is 2. The number of nitrogens with one attached hydrogen (secondary N) is 1. The van der Waals surface area contributed by atoms with E-state index in [4.69, 9.17) is 4.74 Å². The lowest BCUT2D eigenvalue weighted by molar-refractivity contribution is 0.340. The van der Waals surface area contributed by atoms with E-state index in [-0.39, 0.29) is 12.4 Å². The number of aryl methyl sites for hydroxylation is 1. The Morgan fingerprint density at radius 1 is 1.10 bits per heavy atom. The van der Waals surface area contributed by atoms with Crippen molar-refractivity contribution >= 4 is 12.4 Å². The molecule has 1 aromatic carbocycles. The van der Waals surface area contributed by atoms with Crippen LogP contribution in [0.2, 0.25) is 0 Å². The third-order valence-electron chi connectivity index (χ3n) is 2.97. The maximum absolute atomic E-state index is 5.42. The molecule has 1 heterocycles. The maximum Gasteiger partial charge on any atom is 0.119 e. The average Bonchev–Trinajstić information content (AvgIpc) is 2.88. The summed E-state index contributed by atoms with van der Waals surface area (Å²) in [4.78, 5) is 0. The third-order valence-corrected chi connectivity index (χ3v) is 2.97. The molecule has 0 saturated heterocycles. The van der Waals surface area contributed by atoms with Gasteiger partial charge in [-0.1, -0.05) is 12.1 Å². The molecule has 0 amide bonds. The normalized spacial score (nSPS) is 10.1. The van der Waals surface area contributed by atoms with Gasteiger partial charge < -0.3 is 10.1 Å². The minimum Gasteiger partial charge on any atom is -0.494 e. The van der Waals surface area contributed by atoms with Crippen molar-refractivity contribution in [2.24, 2.45) is 0 Å². The first-order valence-corrected chi connectivity index (χ1v) is 6.76. The van der Waals surface area contributed by atoms with Crippen molar-refractivity contribution in [1.82, 2.24) is 15.1 Å². The first-order valence-electron chi connectivity index (χ1n) is 6.76. The molecule has 0 spiro atoms. The van der Waals surface area contributed by atoms with Crippen molar-refractivity contribution in [2.75, 3.05) is 6.61 Å². The molecule has 0 aliphatic rings. The minimum atomic E-state index is 0. The fourth-order valence-electron chi connectivity index (χ4n) is 2.00. The van der Waals surface area contributed by atoms with Crippen LogP contribution in [-0.4, -0.2) is 16.4 Å². The van der Waals surface area contributed by atoms with Crippen LogP contribution in [0.5, 0.6) is 5.75 Å². The van der Waals surface area contributed by atoms with Gasteiger partial charge in [-0.25, -0.2) is 0 Å². The Kier molecular flexibility index (Phi) is 7.12. The van der Waals surface area contributed by atoms with Gasteiger partial charge in [-0.2, -0.15) is 5.10 Å². The van der Waals surface area contributed by atoms with E-state index < -0.39 is 0 Å². The van der Waals surface area contributed by atoms with E-state index in [1.807, 2.05) is 29.9 Å². The molecular formula is C15H22ClN3O. The van der Waals surface area contributed by atoms with Gasteiger partial charge in [-0.05, 0) is 37.6 Å². The molecule has 1 aromatic heterocycles. The Balaban J connectivity index is 0.00000200. The summed E-state index contributed by atoms with van der Waals surface area (Å²) in [6, 6.07) is 10.3. The van der Waals surface area contributed by atoms with Gasteiger partial charge in [0, 0.05) is 25.8 Å². The summed E-state index contributed by atoms with van der Waals surface area (Å²) in [5, 5.41) is 7.68. The van der Waals surface area contributed by atoms with Crippen LogP contribution in [0.15, 0.2) is 36.5 Å². The zero-order valence-corrected chi connectivity index (χ0v) is 12.8. The smallest absolute Gasteiger partial charge is 0.119 e. The van der Waals surface area contributed by atoms with Gasteiger partial charge in [0.1, 0.15) is 5.75 Å². The zero-order valence-electron chi connectivity index (χ0n) is 12.0. The number of rotatable bonds is 7. The molecule has 2 rings (SSSR count). The van der Waals surface area contributed by atoms with Crippen LogP contribution in [0.1, 0.15) is 25.1 Å². The molecule has 0 atom stereocenters. The highest BCUT2D eigenvalue weighted by Crippen LogP contribution is 2.12. The first kappa shape index (κ1) is 16.5. The summed E-state index contributed by atoms with van der Waals surface area (Å²) in [7, 11) is 0. The van der Waals surface area contributed by atoms with Crippen LogP contribution in [0.3, 0.4) is 0 Å². The molecule has 4 nitrogen and oxygen atoms in total. The molecule has 110 valence electrons. The molecule has 2 aromatic rings. The molecule has 5 heteroatoms. The standard InChI is InChI=1S/C15H21N3O.ClH/c1-3-18-14(9-10-17-18)12-16-11-13-5-7-15(8-6-13)19-4-2;/h5-10,16H,3-4,11-12H2,1-2H3;1H. The SMILES string of the molecule is CCOc1ccc(CNCc2ccnn2CC)cc1.Cl. The minimum absolute atomic E-state index is 0. The monoisotopic (exact) mass is 295 g/mol. The molecule has 0 saturated carbocycles. The van der Waals surface area contributed by atoms with E-state index in [2.05, 4.69) is 35.5 Å². The van der Waals surface area contributed by atoms with Crippen molar-refractivity contribution in [3.8, 4) is 5.75 Å². The van der Waals surface area contributed by atoms with Crippen molar-refractivity contribution in [1.29, 1.82) is 0 Å². The van der Waals surface area contributed by atoms with Gasteiger partial charge in [0.05, 0.1) is 12.3 Å². The van der Waals surface area contributed by atoms with Crippen LogP contribution in [0.25, 0.3) is 0 Å². The lowest BCUT2D eigenvalue weighted by atomic mass is 10.2. The predicted molar refractivity (Wildman–Crippen MR) is 83.3 cm³/mol. The van der Waals surface area contributed by atoms with Crippen molar-refractivity contribution in [3.05, 3.63) is 47.8 Å².